The van der Waals surface area contributed by atoms with Crippen molar-refractivity contribution in [1.29, 1.82) is 0 Å². The van der Waals surface area contributed by atoms with Crippen LogP contribution in [0, 0.1) is 17.3 Å². The SMILES string of the molecule is C/C=C\C=C(C)C.COCC(=O)N1CC(C)C(CN2CCC(C=O)(CCN(C)Cc3ccc(OC)cc3)CC2)C1. The highest BCUT2D eigenvalue weighted by molar-refractivity contribution is 5.77. The molecule has 7 heteroatoms. The van der Waals surface area contributed by atoms with Gasteiger partial charge in [-0.15, -0.1) is 0 Å². The molecule has 7 nitrogen and oxygen atoms in total. The molecule has 0 bridgehead atoms. The van der Waals surface area contributed by atoms with Crippen LogP contribution in [-0.2, 0) is 20.9 Å². The largest absolute Gasteiger partial charge is 0.497 e. The molecule has 0 saturated carbocycles. The number of amides is 1. The minimum atomic E-state index is -0.216. The summed E-state index contributed by atoms with van der Waals surface area (Å²) in [5.41, 5.74) is 2.38. The second-order valence-corrected chi connectivity index (χ2v) is 11.9. The molecule has 0 spiro atoms. The van der Waals surface area contributed by atoms with E-state index in [1.54, 1.807) is 14.2 Å². The fourth-order valence-electron chi connectivity index (χ4n) is 5.45. The summed E-state index contributed by atoms with van der Waals surface area (Å²) in [5, 5.41) is 0. The van der Waals surface area contributed by atoms with E-state index in [0.717, 1.165) is 70.8 Å². The first-order valence-corrected chi connectivity index (χ1v) is 14.7. The van der Waals surface area contributed by atoms with E-state index in [9.17, 15) is 9.59 Å². The first-order chi connectivity index (χ1) is 19.1. The minimum absolute atomic E-state index is 0.0872. The number of aldehydes is 1. The van der Waals surface area contributed by atoms with Crippen LogP contribution in [0.2, 0.25) is 0 Å². The van der Waals surface area contributed by atoms with Crippen LogP contribution < -0.4 is 4.74 Å². The number of allylic oxidation sites excluding steroid dienone is 4. The number of likely N-dealkylation sites (tertiary alicyclic amines) is 2. The summed E-state index contributed by atoms with van der Waals surface area (Å²) in [4.78, 5) is 31.0. The molecule has 1 aromatic carbocycles. The van der Waals surface area contributed by atoms with Crippen LogP contribution in [-0.4, -0.2) is 94.0 Å². The van der Waals surface area contributed by atoms with Crippen LogP contribution in [0.5, 0.6) is 5.75 Å². The van der Waals surface area contributed by atoms with Gasteiger partial charge in [-0.25, -0.2) is 0 Å². The third-order valence-electron chi connectivity index (χ3n) is 8.21. The van der Waals surface area contributed by atoms with Gasteiger partial charge in [-0.2, -0.15) is 0 Å². The lowest BCUT2D eigenvalue weighted by molar-refractivity contribution is -0.134. The summed E-state index contributed by atoms with van der Waals surface area (Å²) in [6, 6.07) is 8.17. The molecule has 0 radical (unpaired) electrons. The Morgan fingerprint density at radius 2 is 1.80 bits per heavy atom. The Morgan fingerprint density at radius 1 is 1.12 bits per heavy atom. The van der Waals surface area contributed by atoms with Crippen molar-refractivity contribution < 1.29 is 19.1 Å². The molecule has 0 aliphatic carbocycles. The number of rotatable bonds is 12. The van der Waals surface area contributed by atoms with Gasteiger partial charge in [0.25, 0.3) is 0 Å². The molecule has 1 amide bonds. The van der Waals surface area contributed by atoms with Gasteiger partial charge in [0.1, 0.15) is 18.6 Å². The lowest BCUT2D eigenvalue weighted by Gasteiger charge is -2.40. The molecule has 2 aliphatic heterocycles. The Hall–Kier alpha value is -2.48. The van der Waals surface area contributed by atoms with Crippen LogP contribution in [0.3, 0.4) is 0 Å². The molecule has 2 aliphatic rings. The van der Waals surface area contributed by atoms with E-state index < -0.39 is 0 Å². The monoisotopic (exact) mass is 555 g/mol. The van der Waals surface area contributed by atoms with Gasteiger partial charge < -0.3 is 29.0 Å². The molecule has 2 unspecified atom stereocenters. The average Bonchev–Trinajstić information content (AvgIpc) is 3.32. The van der Waals surface area contributed by atoms with E-state index in [-0.39, 0.29) is 17.9 Å². The summed E-state index contributed by atoms with van der Waals surface area (Å²) in [7, 11) is 5.37. The Balaban J connectivity index is 0.000000708. The maximum absolute atomic E-state index is 12.2. The van der Waals surface area contributed by atoms with E-state index in [2.05, 4.69) is 55.8 Å². The van der Waals surface area contributed by atoms with Gasteiger partial charge in [-0.3, -0.25) is 4.79 Å². The summed E-state index contributed by atoms with van der Waals surface area (Å²) in [6.45, 7) is 14.9. The van der Waals surface area contributed by atoms with Gasteiger partial charge in [-0.1, -0.05) is 42.9 Å². The molecule has 0 N–H and O–H groups in total. The number of benzene rings is 1. The van der Waals surface area contributed by atoms with E-state index >= 15 is 0 Å². The molecule has 2 saturated heterocycles. The number of hydrogen-bond acceptors (Lipinski definition) is 6. The lowest BCUT2D eigenvalue weighted by atomic mass is 9.76. The quantitative estimate of drug-likeness (QED) is 0.265. The maximum Gasteiger partial charge on any atom is 0.248 e. The van der Waals surface area contributed by atoms with Crippen molar-refractivity contribution in [3.63, 3.8) is 0 Å². The molecule has 0 aromatic heterocycles. The third kappa shape index (κ3) is 11.2. The van der Waals surface area contributed by atoms with Gasteiger partial charge in [0.05, 0.1) is 7.11 Å². The molecule has 1 aromatic rings. The smallest absolute Gasteiger partial charge is 0.248 e. The van der Waals surface area contributed by atoms with Crippen molar-refractivity contribution in [3.05, 3.63) is 53.6 Å². The normalized spacial score (nSPS) is 20.8. The van der Waals surface area contributed by atoms with Crippen LogP contribution in [0.15, 0.2) is 48.1 Å². The predicted molar refractivity (Wildman–Crippen MR) is 163 cm³/mol. The van der Waals surface area contributed by atoms with E-state index in [4.69, 9.17) is 9.47 Å². The highest BCUT2D eigenvalue weighted by Gasteiger charge is 2.37. The summed E-state index contributed by atoms with van der Waals surface area (Å²) < 4.78 is 10.2. The molecule has 2 heterocycles. The second kappa shape index (κ2) is 17.4. The van der Waals surface area contributed by atoms with Crippen LogP contribution >= 0.6 is 0 Å². The minimum Gasteiger partial charge on any atom is -0.497 e. The van der Waals surface area contributed by atoms with E-state index in [0.29, 0.717) is 11.8 Å². The molecule has 3 rings (SSSR count). The van der Waals surface area contributed by atoms with Crippen LogP contribution in [0.4, 0.5) is 0 Å². The van der Waals surface area contributed by atoms with Crippen molar-refractivity contribution in [2.45, 2.75) is 53.5 Å². The second-order valence-electron chi connectivity index (χ2n) is 11.9. The Kier molecular flexibility index (Phi) is 14.6. The fourth-order valence-corrected chi connectivity index (χ4v) is 5.45. The molecule has 2 atom stereocenters. The van der Waals surface area contributed by atoms with Crippen molar-refractivity contribution in [2.24, 2.45) is 17.3 Å². The van der Waals surface area contributed by atoms with Crippen LogP contribution in [0.1, 0.15) is 52.5 Å². The predicted octanol–water partition coefficient (Wildman–Crippen LogP) is 5.07. The lowest BCUT2D eigenvalue weighted by Crippen LogP contribution is -2.44. The van der Waals surface area contributed by atoms with Gasteiger partial charge >= 0.3 is 0 Å². The van der Waals surface area contributed by atoms with Gasteiger partial charge in [-0.05, 0) is 96.2 Å². The number of ether oxygens (including phenoxy) is 2. The molecule has 40 heavy (non-hydrogen) atoms. The standard InChI is InChI=1S/C26H41N3O4.C7H12/c1-21-15-29(25(31)19-32-3)18-23(21)17-28-13-10-26(20-30,11-14-28)9-12-27(2)16-22-5-7-24(33-4)8-6-22;1-4-5-6-7(2)3/h5-8,20-21,23H,9-19H2,1-4H3;4-6H,1-3H3/b;5-4-. The Labute approximate surface area is 243 Å². The maximum atomic E-state index is 12.2. The van der Waals surface area contributed by atoms with Gasteiger partial charge in [0.15, 0.2) is 0 Å². The zero-order valence-electron chi connectivity index (χ0n) is 26.0. The topological polar surface area (TPSA) is 62.3 Å². The first kappa shape index (κ1) is 33.7. The van der Waals surface area contributed by atoms with E-state index in [1.165, 1.54) is 17.4 Å². The number of hydrogen-bond donors (Lipinski definition) is 0. The van der Waals surface area contributed by atoms with Crippen molar-refractivity contribution in [1.82, 2.24) is 14.7 Å². The number of piperidine rings is 1. The number of nitrogens with zero attached hydrogens (tertiary/aromatic N) is 3. The summed E-state index contributed by atoms with van der Waals surface area (Å²) in [6.07, 6.45) is 10.1. The highest BCUT2D eigenvalue weighted by Crippen LogP contribution is 2.34. The summed E-state index contributed by atoms with van der Waals surface area (Å²) >= 11 is 0. The molecule has 224 valence electrons. The number of methoxy groups -OCH3 is 2. The Morgan fingerprint density at radius 3 is 2.33 bits per heavy atom. The van der Waals surface area contributed by atoms with Crippen molar-refractivity contribution in [2.75, 3.05) is 67.1 Å². The third-order valence-corrected chi connectivity index (χ3v) is 8.21. The van der Waals surface area contributed by atoms with Crippen molar-refractivity contribution in [3.8, 4) is 5.75 Å². The first-order valence-electron chi connectivity index (χ1n) is 14.7. The highest BCUT2D eigenvalue weighted by atomic mass is 16.5. The number of carbonyl (C=O) groups is 2. The van der Waals surface area contributed by atoms with Gasteiger partial charge in [0, 0.05) is 38.7 Å². The molecular formula is C33H53N3O4. The zero-order valence-corrected chi connectivity index (χ0v) is 26.0. The molecule has 2 fully saturated rings. The van der Waals surface area contributed by atoms with Crippen molar-refractivity contribution >= 4 is 12.2 Å². The Bertz CT molecular complexity index is 947. The number of carbonyl (C=O) groups excluding carboxylic acids is 2. The van der Waals surface area contributed by atoms with E-state index in [1.807, 2.05) is 36.1 Å². The van der Waals surface area contributed by atoms with Gasteiger partial charge in [0.2, 0.25) is 5.91 Å². The van der Waals surface area contributed by atoms with Crippen LogP contribution in [0.25, 0.3) is 0 Å². The average molecular weight is 556 g/mol. The molecular weight excluding hydrogens is 502 g/mol. The fraction of sp³-hybridized carbons (Fsp3) is 0.636. The summed E-state index contributed by atoms with van der Waals surface area (Å²) in [5.74, 6) is 1.94. The zero-order chi connectivity index (χ0) is 29.5.